The zero-order valence-electron chi connectivity index (χ0n) is 9.82. The molecule has 5 heteroatoms. The molecule has 1 amide bonds. The van der Waals surface area contributed by atoms with Crippen LogP contribution >= 0.6 is 11.3 Å². The van der Waals surface area contributed by atoms with Gasteiger partial charge in [-0.25, -0.2) is 4.98 Å². The molecule has 90 valence electrons. The van der Waals surface area contributed by atoms with E-state index in [1.165, 1.54) is 0 Å². The number of amides is 1. The fourth-order valence-corrected chi connectivity index (χ4v) is 2.10. The van der Waals surface area contributed by atoms with Crippen LogP contribution in [0, 0.1) is 0 Å². The Labute approximate surface area is 100 Å². The molecule has 0 bridgehead atoms. The molecule has 1 heterocycles. The minimum Gasteiger partial charge on any atom is -0.356 e. The van der Waals surface area contributed by atoms with Crippen LogP contribution in [0.1, 0.15) is 31.0 Å². The fraction of sp³-hybridized carbons (Fsp3) is 0.636. The van der Waals surface area contributed by atoms with Gasteiger partial charge in [-0.3, -0.25) is 4.79 Å². The first-order chi connectivity index (χ1) is 7.61. The van der Waals surface area contributed by atoms with Crippen molar-refractivity contribution in [2.24, 2.45) is 5.73 Å². The molecule has 0 spiro atoms. The predicted octanol–water partition coefficient (Wildman–Crippen LogP) is 1.10. The van der Waals surface area contributed by atoms with Crippen LogP contribution in [-0.4, -0.2) is 23.5 Å². The first kappa shape index (κ1) is 13.1. The van der Waals surface area contributed by atoms with Crippen LogP contribution in [0.15, 0.2) is 5.38 Å². The van der Waals surface area contributed by atoms with E-state index in [4.69, 9.17) is 5.73 Å². The van der Waals surface area contributed by atoms with Crippen LogP contribution in [0.2, 0.25) is 0 Å². The van der Waals surface area contributed by atoms with Gasteiger partial charge in [-0.1, -0.05) is 6.92 Å². The lowest BCUT2D eigenvalue weighted by molar-refractivity contribution is -0.121. The highest BCUT2D eigenvalue weighted by molar-refractivity contribution is 7.09. The molecule has 16 heavy (non-hydrogen) atoms. The van der Waals surface area contributed by atoms with Gasteiger partial charge in [-0.15, -0.1) is 11.3 Å². The van der Waals surface area contributed by atoms with Crippen molar-refractivity contribution in [3.8, 4) is 0 Å². The Morgan fingerprint density at radius 2 is 2.44 bits per heavy atom. The summed E-state index contributed by atoms with van der Waals surface area (Å²) in [6.45, 7) is 4.55. The third-order valence-electron chi connectivity index (χ3n) is 2.11. The van der Waals surface area contributed by atoms with E-state index < -0.39 is 0 Å². The predicted molar refractivity (Wildman–Crippen MR) is 66.5 cm³/mol. The maximum atomic E-state index is 11.3. The van der Waals surface area contributed by atoms with E-state index in [0.29, 0.717) is 13.0 Å². The first-order valence-electron chi connectivity index (χ1n) is 5.57. The van der Waals surface area contributed by atoms with Gasteiger partial charge in [0, 0.05) is 30.8 Å². The van der Waals surface area contributed by atoms with E-state index in [1.807, 2.05) is 6.92 Å². The van der Waals surface area contributed by atoms with E-state index in [0.717, 1.165) is 23.5 Å². The Morgan fingerprint density at radius 1 is 1.69 bits per heavy atom. The summed E-state index contributed by atoms with van der Waals surface area (Å²) in [5.74, 6) is 0.0148. The summed E-state index contributed by atoms with van der Waals surface area (Å²) >= 11 is 1.68. The number of carbonyl (C=O) groups is 1. The summed E-state index contributed by atoms with van der Waals surface area (Å²) in [7, 11) is 0. The monoisotopic (exact) mass is 241 g/mol. The molecule has 1 aromatic rings. The van der Waals surface area contributed by atoms with E-state index in [1.54, 1.807) is 11.3 Å². The molecular formula is C11H19N3OS. The zero-order valence-corrected chi connectivity index (χ0v) is 10.6. The van der Waals surface area contributed by atoms with Crippen molar-refractivity contribution in [2.75, 3.05) is 6.54 Å². The number of rotatable bonds is 6. The van der Waals surface area contributed by atoms with Gasteiger partial charge in [-0.05, 0) is 13.3 Å². The molecule has 4 nitrogen and oxygen atoms in total. The summed E-state index contributed by atoms with van der Waals surface area (Å²) in [5, 5.41) is 6.04. The SMILES string of the molecule is CCc1nc(CCNC(=O)CC(C)N)cs1. The minimum atomic E-state index is -0.0778. The average Bonchev–Trinajstić information content (AvgIpc) is 2.64. The molecule has 3 N–H and O–H groups in total. The highest BCUT2D eigenvalue weighted by Crippen LogP contribution is 2.10. The molecule has 1 rings (SSSR count). The molecule has 1 atom stereocenters. The second kappa shape index (κ2) is 6.60. The van der Waals surface area contributed by atoms with E-state index in [-0.39, 0.29) is 11.9 Å². The molecule has 0 saturated heterocycles. The topological polar surface area (TPSA) is 68.0 Å². The highest BCUT2D eigenvalue weighted by atomic mass is 32.1. The molecule has 0 aliphatic rings. The second-order valence-corrected chi connectivity index (χ2v) is 4.81. The van der Waals surface area contributed by atoms with Crippen molar-refractivity contribution in [2.45, 2.75) is 39.2 Å². The van der Waals surface area contributed by atoms with Crippen LogP contribution in [-0.2, 0) is 17.6 Å². The van der Waals surface area contributed by atoms with Crippen molar-refractivity contribution in [3.63, 3.8) is 0 Å². The lowest BCUT2D eigenvalue weighted by atomic mass is 10.2. The number of aromatic nitrogens is 1. The summed E-state index contributed by atoms with van der Waals surface area (Å²) < 4.78 is 0. The zero-order chi connectivity index (χ0) is 12.0. The van der Waals surface area contributed by atoms with Crippen molar-refractivity contribution >= 4 is 17.2 Å². The largest absolute Gasteiger partial charge is 0.356 e. The molecule has 1 unspecified atom stereocenters. The molecule has 0 radical (unpaired) electrons. The lowest BCUT2D eigenvalue weighted by Crippen LogP contribution is -2.31. The number of aryl methyl sites for hydroxylation is 1. The number of hydrogen-bond donors (Lipinski definition) is 2. The van der Waals surface area contributed by atoms with Crippen LogP contribution in [0.3, 0.4) is 0 Å². The summed E-state index contributed by atoms with van der Waals surface area (Å²) in [4.78, 5) is 15.7. The Morgan fingerprint density at radius 3 is 3.00 bits per heavy atom. The van der Waals surface area contributed by atoms with Crippen LogP contribution in [0.5, 0.6) is 0 Å². The Hall–Kier alpha value is -0.940. The summed E-state index contributed by atoms with van der Waals surface area (Å²) in [6, 6.07) is -0.0778. The molecule has 1 aromatic heterocycles. The summed E-state index contributed by atoms with van der Waals surface area (Å²) in [6.07, 6.45) is 2.15. The third kappa shape index (κ3) is 4.72. The van der Waals surface area contributed by atoms with Gasteiger partial charge in [0.25, 0.3) is 0 Å². The third-order valence-corrected chi connectivity index (χ3v) is 3.15. The van der Waals surface area contributed by atoms with Crippen molar-refractivity contribution in [1.29, 1.82) is 0 Å². The lowest BCUT2D eigenvalue weighted by Gasteiger charge is -2.05. The maximum Gasteiger partial charge on any atom is 0.221 e. The normalized spacial score (nSPS) is 12.4. The van der Waals surface area contributed by atoms with E-state index in [2.05, 4.69) is 22.6 Å². The second-order valence-electron chi connectivity index (χ2n) is 3.87. The van der Waals surface area contributed by atoms with Crippen molar-refractivity contribution in [3.05, 3.63) is 16.1 Å². The van der Waals surface area contributed by atoms with Gasteiger partial charge >= 0.3 is 0 Å². The average molecular weight is 241 g/mol. The molecule has 0 fully saturated rings. The van der Waals surface area contributed by atoms with Crippen LogP contribution in [0.25, 0.3) is 0 Å². The van der Waals surface area contributed by atoms with Crippen LogP contribution in [0.4, 0.5) is 0 Å². The Kier molecular flexibility index (Phi) is 5.42. The number of nitrogens with two attached hydrogens (primary N) is 1. The molecule has 0 aromatic carbocycles. The van der Waals surface area contributed by atoms with Crippen LogP contribution < -0.4 is 11.1 Å². The smallest absolute Gasteiger partial charge is 0.221 e. The van der Waals surface area contributed by atoms with E-state index >= 15 is 0 Å². The number of carbonyl (C=O) groups excluding carboxylic acids is 1. The standard InChI is InChI=1S/C11H19N3OS/c1-3-11-14-9(7-16-11)4-5-13-10(15)6-8(2)12/h7-8H,3-6,12H2,1-2H3,(H,13,15). The van der Waals surface area contributed by atoms with Crippen molar-refractivity contribution in [1.82, 2.24) is 10.3 Å². The summed E-state index contributed by atoms with van der Waals surface area (Å²) in [5.41, 5.74) is 6.58. The number of thiazole rings is 1. The maximum absolute atomic E-state index is 11.3. The fourth-order valence-electron chi connectivity index (χ4n) is 1.32. The number of hydrogen-bond acceptors (Lipinski definition) is 4. The Bertz CT molecular complexity index is 336. The number of nitrogens with one attached hydrogen (secondary N) is 1. The molecular weight excluding hydrogens is 222 g/mol. The highest BCUT2D eigenvalue weighted by Gasteiger charge is 2.05. The Balaban J connectivity index is 2.22. The van der Waals surface area contributed by atoms with Crippen molar-refractivity contribution < 1.29 is 4.79 Å². The quantitative estimate of drug-likeness (QED) is 0.783. The van der Waals surface area contributed by atoms with Gasteiger partial charge in [0.15, 0.2) is 0 Å². The van der Waals surface area contributed by atoms with Gasteiger partial charge in [0.1, 0.15) is 0 Å². The molecule has 0 aliphatic heterocycles. The van der Waals surface area contributed by atoms with Gasteiger partial charge in [0.05, 0.1) is 10.7 Å². The number of nitrogens with zero attached hydrogens (tertiary/aromatic N) is 1. The van der Waals surface area contributed by atoms with Gasteiger partial charge in [0.2, 0.25) is 5.91 Å². The molecule has 0 saturated carbocycles. The van der Waals surface area contributed by atoms with E-state index in [9.17, 15) is 4.79 Å². The van der Waals surface area contributed by atoms with Gasteiger partial charge in [-0.2, -0.15) is 0 Å². The minimum absolute atomic E-state index is 0.0148. The molecule has 0 aliphatic carbocycles. The first-order valence-corrected chi connectivity index (χ1v) is 6.45. The van der Waals surface area contributed by atoms with Gasteiger partial charge < -0.3 is 11.1 Å².